The van der Waals surface area contributed by atoms with Gasteiger partial charge in [0, 0.05) is 17.4 Å². The first-order chi connectivity index (χ1) is 15.1. The summed E-state index contributed by atoms with van der Waals surface area (Å²) >= 11 is 0. The first-order valence-corrected chi connectivity index (χ1v) is 9.48. The molecule has 0 aliphatic rings. The Hall–Kier alpha value is -4.57. The van der Waals surface area contributed by atoms with Gasteiger partial charge in [0.1, 0.15) is 11.6 Å². The van der Waals surface area contributed by atoms with Crippen molar-refractivity contribution in [1.29, 1.82) is 5.26 Å². The Kier molecular flexibility index (Phi) is 4.19. The quantitative estimate of drug-likeness (QED) is 0.434. The average Bonchev–Trinajstić information content (AvgIpc) is 3.38. The normalized spacial score (nSPS) is 11.0. The number of anilines is 1. The summed E-state index contributed by atoms with van der Waals surface area (Å²) in [4.78, 5) is 16.9. The lowest BCUT2D eigenvalue weighted by atomic mass is 10.1. The summed E-state index contributed by atoms with van der Waals surface area (Å²) in [6.07, 6.45) is 1.51. The molecule has 2 heterocycles. The van der Waals surface area contributed by atoms with Crippen LogP contribution in [0, 0.1) is 11.3 Å². The molecule has 7 heteroatoms. The lowest BCUT2D eigenvalue weighted by Gasteiger charge is -2.08. The number of nitrogens with two attached hydrogens (primary N) is 1. The topological polar surface area (TPSA) is 107 Å². The van der Waals surface area contributed by atoms with E-state index in [2.05, 4.69) is 11.1 Å². The summed E-state index contributed by atoms with van der Waals surface area (Å²) in [5.74, 6) is -0.132. The Labute approximate surface area is 176 Å². The lowest BCUT2D eigenvalue weighted by molar-refractivity contribution is 0.0593. The molecule has 0 aliphatic heterocycles. The van der Waals surface area contributed by atoms with Gasteiger partial charge in [-0.2, -0.15) is 5.26 Å². The van der Waals surface area contributed by atoms with Gasteiger partial charge in [-0.3, -0.25) is 0 Å². The summed E-state index contributed by atoms with van der Waals surface area (Å²) in [5.41, 5.74) is 9.04. The lowest BCUT2D eigenvalue weighted by Crippen LogP contribution is -2.11. The highest BCUT2D eigenvalue weighted by molar-refractivity contribution is 5.96. The molecular weight excluding hydrogens is 392 g/mol. The molecule has 0 aliphatic carbocycles. The smallest absolute Gasteiger partial charge is 0.357 e. The predicted molar refractivity (Wildman–Crippen MR) is 117 cm³/mol. The van der Waals surface area contributed by atoms with Crippen molar-refractivity contribution in [3.8, 4) is 23.2 Å². The van der Waals surface area contributed by atoms with Crippen LogP contribution in [0.1, 0.15) is 16.1 Å². The zero-order valence-electron chi connectivity index (χ0n) is 16.5. The molecule has 0 saturated heterocycles. The van der Waals surface area contributed by atoms with Gasteiger partial charge in [-0.25, -0.2) is 9.78 Å². The second-order valence-electron chi connectivity index (χ2n) is 7.01. The van der Waals surface area contributed by atoms with Gasteiger partial charge in [0.15, 0.2) is 11.3 Å². The largest absolute Gasteiger partial charge is 0.464 e. The molecule has 2 aromatic heterocycles. The minimum absolute atomic E-state index is 0.0754. The maximum absolute atomic E-state index is 12.3. The second kappa shape index (κ2) is 7.04. The number of ether oxygens (including phenoxy) is 1. The van der Waals surface area contributed by atoms with E-state index < -0.39 is 5.97 Å². The van der Waals surface area contributed by atoms with Gasteiger partial charge in [0.25, 0.3) is 0 Å². The zero-order valence-corrected chi connectivity index (χ0v) is 16.5. The van der Waals surface area contributed by atoms with Crippen molar-refractivity contribution in [3.63, 3.8) is 0 Å². The van der Waals surface area contributed by atoms with E-state index in [1.807, 2.05) is 42.5 Å². The number of esters is 1. The number of benzene rings is 3. The molecule has 0 saturated carbocycles. The number of rotatable bonds is 3. The highest BCUT2D eigenvalue weighted by Crippen LogP contribution is 2.30. The van der Waals surface area contributed by atoms with Gasteiger partial charge in [-0.15, -0.1) is 0 Å². The van der Waals surface area contributed by atoms with Crippen molar-refractivity contribution in [2.45, 2.75) is 0 Å². The molecule has 5 aromatic rings. The fourth-order valence-electron chi connectivity index (χ4n) is 3.63. The van der Waals surface area contributed by atoms with Crippen molar-refractivity contribution < 1.29 is 13.9 Å². The number of carbonyl (C=O) groups excluding carboxylic acids is 1. The van der Waals surface area contributed by atoms with Crippen molar-refractivity contribution in [2.24, 2.45) is 0 Å². The number of fused-ring (bicyclic) bond motifs is 2. The van der Waals surface area contributed by atoms with E-state index in [0.29, 0.717) is 22.7 Å². The van der Waals surface area contributed by atoms with Crippen molar-refractivity contribution in [3.05, 3.63) is 78.1 Å². The van der Waals surface area contributed by atoms with Gasteiger partial charge in [-0.1, -0.05) is 30.3 Å². The molecule has 0 bridgehead atoms. The Balaban J connectivity index is 1.62. The number of aromatic nitrogens is 2. The molecule has 0 radical (unpaired) electrons. The van der Waals surface area contributed by atoms with Gasteiger partial charge in [0.2, 0.25) is 5.89 Å². The summed E-state index contributed by atoms with van der Waals surface area (Å²) in [6, 6.07) is 21.4. The van der Waals surface area contributed by atoms with E-state index in [4.69, 9.17) is 14.9 Å². The fraction of sp³-hybridized carbons (Fsp3) is 0.0417. The van der Waals surface area contributed by atoms with Crippen LogP contribution in [0.5, 0.6) is 0 Å². The standard InChI is InChI=1S/C24H16N4O3/c1-30-24(29)22-21(26)17(12-25)13-28(22)18-8-9-20-19(11-18)27-23(31-20)16-7-6-14-4-2-3-5-15(14)10-16/h2-11,13H,26H2,1H3. The molecule has 0 amide bonds. The number of carbonyl (C=O) groups is 1. The van der Waals surface area contributed by atoms with Crippen LogP contribution in [0.25, 0.3) is 39.0 Å². The van der Waals surface area contributed by atoms with E-state index in [0.717, 1.165) is 16.3 Å². The van der Waals surface area contributed by atoms with Crippen molar-refractivity contribution >= 4 is 33.5 Å². The van der Waals surface area contributed by atoms with Crippen LogP contribution in [0.2, 0.25) is 0 Å². The summed E-state index contributed by atoms with van der Waals surface area (Å²) in [5, 5.41) is 11.5. The Morgan fingerprint density at radius 2 is 1.94 bits per heavy atom. The third-order valence-corrected chi connectivity index (χ3v) is 5.19. The van der Waals surface area contributed by atoms with Crippen LogP contribution in [0.3, 0.4) is 0 Å². The van der Waals surface area contributed by atoms with Crippen LogP contribution < -0.4 is 5.73 Å². The molecule has 7 nitrogen and oxygen atoms in total. The first-order valence-electron chi connectivity index (χ1n) is 9.48. The molecule has 150 valence electrons. The maximum Gasteiger partial charge on any atom is 0.357 e. The first kappa shape index (κ1) is 18.5. The SMILES string of the molecule is COC(=O)c1c(N)c(C#N)cn1-c1ccc2oc(-c3ccc4ccccc4c3)nc2c1. The van der Waals surface area contributed by atoms with Gasteiger partial charge >= 0.3 is 5.97 Å². The molecule has 2 N–H and O–H groups in total. The number of nitriles is 1. The molecule has 0 fully saturated rings. The number of nitrogens with zero attached hydrogens (tertiary/aromatic N) is 3. The number of oxazole rings is 1. The van der Waals surface area contributed by atoms with E-state index in [1.165, 1.54) is 17.9 Å². The third kappa shape index (κ3) is 2.98. The van der Waals surface area contributed by atoms with Crippen molar-refractivity contribution in [1.82, 2.24) is 9.55 Å². The van der Waals surface area contributed by atoms with E-state index in [1.54, 1.807) is 18.2 Å². The van der Waals surface area contributed by atoms with E-state index in [-0.39, 0.29) is 16.9 Å². The Morgan fingerprint density at radius 1 is 1.13 bits per heavy atom. The maximum atomic E-state index is 12.3. The van der Waals surface area contributed by atoms with Gasteiger partial charge in [0.05, 0.1) is 18.4 Å². The zero-order chi connectivity index (χ0) is 21.5. The van der Waals surface area contributed by atoms with Crippen LogP contribution >= 0.6 is 0 Å². The third-order valence-electron chi connectivity index (χ3n) is 5.19. The van der Waals surface area contributed by atoms with Crippen LogP contribution in [-0.2, 0) is 4.74 Å². The Bertz CT molecular complexity index is 1520. The summed E-state index contributed by atoms with van der Waals surface area (Å²) in [6.45, 7) is 0. The number of methoxy groups -OCH3 is 1. The van der Waals surface area contributed by atoms with Crippen LogP contribution in [0.15, 0.2) is 71.3 Å². The minimum Gasteiger partial charge on any atom is -0.464 e. The Morgan fingerprint density at radius 3 is 2.71 bits per heavy atom. The molecule has 3 aromatic carbocycles. The average molecular weight is 408 g/mol. The molecule has 0 atom stereocenters. The van der Waals surface area contributed by atoms with E-state index >= 15 is 0 Å². The predicted octanol–water partition coefficient (Wildman–Crippen LogP) is 4.68. The van der Waals surface area contributed by atoms with E-state index in [9.17, 15) is 10.1 Å². The number of hydrogen-bond donors (Lipinski definition) is 1. The highest BCUT2D eigenvalue weighted by atomic mass is 16.5. The molecule has 0 spiro atoms. The molecule has 5 rings (SSSR count). The molecule has 0 unspecified atom stereocenters. The highest BCUT2D eigenvalue weighted by Gasteiger charge is 2.22. The minimum atomic E-state index is -0.629. The van der Waals surface area contributed by atoms with Crippen LogP contribution in [0.4, 0.5) is 5.69 Å². The molecular formula is C24H16N4O3. The molecule has 31 heavy (non-hydrogen) atoms. The summed E-state index contributed by atoms with van der Waals surface area (Å²) in [7, 11) is 1.27. The van der Waals surface area contributed by atoms with Crippen LogP contribution in [-0.4, -0.2) is 22.6 Å². The fourth-order valence-corrected chi connectivity index (χ4v) is 3.63. The van der Waals surface area contributed by atoms with Crippen molar-refractivity contribution in [2.75, 3.05) is 12.8 Å². The summed E-state index contributed by atoms with van der Waals surface area (Å²) < 4.78 is 12.3. The number of hydrogen-bond acceptors (Lipinski definition) is 6. The monoisotopic (exact) mass is 408 g/mol. The van der Waals surface area contributed by atoms with Gasteiger partial charge in [-0.05, 0) is 41.1 Å². The number of nitrogen functional groups attached to an aromatic ring is 1. The second-order valence-corrected chi connectivity index (χ2v) is 7.01. The van der Waals surface area contributed by atoms with Gasteiger partial charge < -0.3 is 19.5 Å².